The Kier molecular flexibility index (Phi) is 5.49. The van der Waals surface area contributed by atoms with Gasteiger partial charge < -0.3 is 0 Å². The molecule has 0 saturated heterocycles. The van der Waals surface area contributed by atoms with Gasteiger partial charge in [0.25, 0.3) is 0 Å². The molecule has 1 heterocycles. The van der Waals surface area contributed by atoms with Crippen molar-refractivity contribution in [3.8, 4) is 0 Å². The normalized spacial score (nSPS) is 12.1. The van der Waals surface area contributed by atoms with E-state index in [4.69, 9.17) is 9.97 Å². The first kappa shape index (κ1) is 22.1. The van der Waals surface area contributed by atoms with Crippen LogP contribution in [-0.4, -0.2) is 9.97 Å². The van der Waals surface area contributed by atoms with E-state index in [2.05, 4.69) is 121 Å². The molecule has 0 atom stereocenters. The molecule has 178 valence electrons. The molecule has 0 spiro atoms. The van der Waals surface area contributed by atoms with Crippen LogP contribution in [0.4, 0.5) is 0 Å². The van der Waals surface area contributed by atoms with Crippen LogP contribution in [-0.2, 0) is 0 Å². The summed E-state index contributed by atoms with van der Waals surface area (Å²) in [4.78, 5) is 10.4. The zero-order valence-electron chi connectivity index (χ0n) is 20.8. The summed E-state index contributed by atoms with van der Waals surface area (Å²) in [5.41, 5.74) is 13.0. The van der Waals surface area contributed by atoms with Gasteiger partial charge in [0.1, 0.15) is 0 Å². The minimum absolute atomic E-state index is 0.907. The molecule has 2 heteroatoms. The Labute approximate surface area is 222 Å². The van der Waals surface area contributed by atoms with E-state index in [0.29, 0.717) is 0 Å². The Morgan fingerprint density at radius 2 is 0.579 bits per heavy atom. The van der Waals surface area contributed by atoms with Gasteiger partial charge in [-0.25, -0.2) is 9.97 Å². The van der Waals surface area contributed by atoms with Crippen molar-refractivity contribution < 1.29 is 0 Å². The first-order chi connectivity index (χ1) is 18.9. The van der Waals surface area contributed by atoms with Crippen molar-refractivity contribution in [2.45, 2.75) is 0 Å². The average Bonchev–Trinajstić information content (AvgIpc) is 3.00. The summed E-state index contributed by atoms with van der Waals surface area (Å²) >= 11 is 0. The predicted molar refractivity (Wildman–Crippen MR) is 157 cm³/mol. The molecule has 0 N–H and O–H groups in total. The van der Waals surface area contributed by atoms with E-state index in [9.17, 15) is 0 Å². The second-order valence-corrected chi connectivity index (χ2v) is 9.37. The van der Waals surface area contributed by atoms with E-state index >= 15 is 0 Å². The van der Waals surface area contributed by atoms with Crippen molar-refractivity contribution in [2.24, 2.45) is 0 Å². The summed E-state index contributed by atoms with van der Waals surface area (Å²) in [6, 6.07) is 50.7. The highest BCUT2D eigenvalue weighted by molar-refractivity contribution is 6.32. The average molecular weight is 485 g/mol. The maximum absolute atomic E-state index is 5.18. The van der Waals surface area contributed by atoms with E-state index in [-0.39, 0.29) is 0 Å². The van der Waals surface area contributed by atoms with Crippen molar-refractivity contribution in [3.63, 3.8) is 0 Å². The van der Waals surface area contributed by atoms with Crippen molar-refractivity contribution >= 4 is 33.3 Å². The standard InChI is InChI=1S/C36H24N2/c1-5-15-25(16-6-1)31(26-17-7-2-8-18-26)33-34(36-35(33)37-29-23-13-14-24-30(29)38-36)32(27-19-9-3-10-20-27)28-21-11-4-12-22-28/h1-24H. The second kappa shape index (κ2) is 9.42. The molecule has 0 amide bonds. The van der Waals surface area contributed by atoms with Gasteiger partial charge in [0.2, 0.25) is 0 Å². The highest BCUT2D eigenvalue weighted by Crippen LogP contribution is 2.53. The molecule has 0 fully saturated rings. The Balaban J connectivity index is 1.67. The number of allylic oxidation sites excluding steroid dienone is 2. The van der Waals surface area contributed by atoms with Gasteiger partial charge in [0.05, 0.1) is 22.4 Å². The molecule has 0 bridgehead atoms. The SMILES string of the molecule is c1ccc(C(=C2C(=C(c3ccccc3)c3ccccc3)c3nc4ccccc4nc32)c2ccccc2)cc1. The summed E-state index contributed by atoms with van der Waals surface area (Å²) in [5.74, 6) is 0. The molecule has 0 aliphatic heterocycles. The van der Waals surface area contributed by atoms with E-state index < -0.39 is 0 Å². The summed E-state index contributed by atoms with van der Waals surface area (Å²) in [5, 5.41) is 0. The molecule has 7 rings (SSSR count). The minimum atomic E-state index is 0.907. The fourth-order valence-corrected chi connectivity index (χ4v) is 5.34. The van der Waals surface area contributed by atoms with Crippen molar-refractivity contribution in [3.05, 3.63) is 179 Å². The number of rotatable bonds is 4. The van der Waals surface area contributed by atoms with Gasteiger partial charge in [-0.2, -0.15) is 0 Å². The van der Waals surface area contributed by atoms with Crippen LogP contribution < -0.4 is 0 Å². The van der Waals surface area contributed by atoms with E-state index in [1.165, 1.54) is 11.1 Å². The van der Waals surface area contributed by atoms with Crippen LogP contribution in [0.2, 0.25) is 0 Å². The summed E-state index contributed by atoms with van der Waals surface area (Å²) < 4.78 is 0. The predicted octanol–water partition coefficient (Wildman–Crippen LogP) is 8.56. The highest BCUT2D eigenvalue weighted by Gasteiger charge is 2.37. The Hall–Kier alpha value is -5.08. The third kappa shape index (κ3) is 3.75. The van der Waals surface area contributed by atoms with Crippen LogP contribution in [0.25, 0.3) is 33.3 Å². The maximum atomic E-state index is 5.18. The smallest absolute Gasteiger partial charge is 0.0987 e. The van der Waals surface area contributed by atoms with Crippen molar-refractivity contribution in [1.29, 1.82) is 0 Å². The number of para-hydroxylation sites is 2. The third-order valence-electron chi connectivity index (χ3n) is 7.04. The number of fused-ring (bicyclic) bond motifs is 2. The topological polar surface area (TPSA) is 25.8 Å². The summed E-state index contributed by atoms with van der Waals surface area (Å²) in [7, 11) is 0. The van der Waals surface area contributed by atoms with Crippen LogP contribution in [0.1, 0.15) is 33.6 Å². The van der Waals surface area contributed by atoms with Gasteiger partial charge in [-0.15, -0.1) is 0 Å². The minimum Gasteiger partial charge on any atom is -0.244 e. The molecular formula is C36H24N2. The monoisotopic (exact) mass is 484 g/mol. The number of nitrogens with zero attached hydrogens (tertiary/aromatic N) is 2. The van der Waals surface area contributed by atoms with Gasteiger partial charge in [-0.3, -0.25) is 0 Å². The molecule has 38 heavy (non-hydrogen) atoms. The lowest BCUT2D eigenvalue weighted by Crippen LogP contribution is -2.17. The van der Waals surface area contributed by atoms with Crippen LogP contribution in [0.3, 0.4) is 0 Å². The van der Waals surface area contributed by atoms with Crippen LogP contribution >= 0.6 is 0 Å². The van der Waals surface area contributed by atoms with Crippen LogP contribution in [0.15, 0.2) is 146 Å². The first-order valence-corrected chi connectivity index (χ1v) is 12.9. The van der Waals surface area contributed by atoms with Crippen molar-refractivity contribution in [2.75, 3.05) is 0 Å². The third-order valence-corrected chi connectivity index (χ3v) is 7.04. The van der Waals surface area contributed by atoms with E-state index in [1.54, 1.807) is 0 Å². The first-order valence-electron chi connectivity index (χ1n) is 12.9. The molecule has 2 nitrogen and oxygen atoms in total. The molecule has 1 aliphatic carbocycles. The lowest BCUT2D eigenvalue weighted by molar-refractivity contribution is 1.18. The number of aromatic nitrogens is 2. The second-order valence-electron chi connectivity index (χ2n) is 9.37. The fraction of sp³-hybridized carbons (Fsp3) is 0. The molecule has 1 aliphatic rings. The Bertz CT molecular complexity index is 1600. The summed E-state index contributed by atoms with van der Waals surface area (Å²) in [6.07, 6.45) is 0. The Morgan fingerprint density at radius 3 is 0.868 bits per heavy atom. The van der Waals surface area contributed by atoms with Gasteiger partial charge in [-0.05, 0) is 45.5 Å². The number of benzene rings is 5. The largest absolute Gasteiger partial charge is 0.244 e. The molecule has 0 saturated carbocycles. The molecule has 0 unspecified atom stereocenters. The molecular weight excluding hydrogens is 460 g/mol. The quantitative estimate of drug-likeness (QED) is 0.250. The van der Waals surface area contributed by atoms with Gasteiger partial charge in [0.15, 0.2) is 0 Å². The maximum Gasteiger partial charge on any atom is 0.0987 e. The molecule has 6 aromatic rings. The zero-order chi connectivity index (χ0) is 25.3. The zero-order valence-corrected chi connectivity index (χ0v) is 20.8. The van der Waals surface area contributed by atoms with Gasteiger partial charge in [0, 0.05) is 11.1 Å². The molecule has 0 radical (unpaired) electrons. The lowest BCUT2D eigenvalue weighted by atomic mass is 9.73. The summed E-state index contributed by atoms with van der Waals surface area (Å²) in [6.45, 7) is 0. The number of hydrogen-bond donors (Lipinski definition) is 0. The van der Waals surface area contributed by atoms with Crippen molar-refractivity contribution in [1.82, 2.24) is 9.97 Å². The Morgan fingerprint density at radius 1 is 0.316 bits per heavy atom. The molecule has 5 aromatic carbocycles. The van der Waals surface area contributed by atoms with Crippen LogP contribution in [0, 0.1) is 0 Å². The highest BCUT2D eigenvalue weighted by atomic mass is 14.9. The fourth-order valence-electron chi connectivity index (χ4n) is 5.34. The van der Waals surface area contributed by atoms with Gasteiger partial charge in [-0.1, -0.05) is 133 Å². The van der Waals surface area contributed by atoms with E-state index in [0.717, 1.165) is 55.8 Å². The van der Waals surface area contributed by atoms with Crippen LogP contribution in [0.5, 0.6) is 0 Å². The van der Waals surface area contributed by atoms with E-state index in [1.807, 2.05) is 24.3 Å². The van der Waals surface area contributed by atoms with Gasteiger partial charge >= 0.3 is 0 Å². The lowest BCUT2D eigenvalue weighted by Gasteiger charge is -2.31. The number of hydrogen-bond acceptors (Lipinski definition) is 2. The molecule has 1 aromatic heterocycles.